The van der Waals surface area contributed by atoms with Crippen LogP contribution < -0.4 is 10.2 Å². The lowest BCUT2D eigenvalue weighted by molar-refractivity contribution is -0.129. The van der Waals surface area contributed by atoms with Gasteiger partial charge < -0.3 is 10.2 Å². The van der Waals surface area contributed by atoms with Crippen molar-refractivity contribution in [3.8, 4) is 0 Å². The van der Waals surface area contributed by atoms with Gasteiger partial charge >= 0.3 is 0 Å². The summed E-state index contributed by atoms with van der Waals surface area (Å²) in [5.41, 5.74) is 0.297. The first-order valence-corrected chi connectivity index (χ1v) is 9.27. The van der Waals surface area contributed by atoms with Crippen molar-refractivity contribution in [3.63, 3.8) is 0 Å². The van der Waals surface area contributed by atoms with E-state index in [1.165, 1.54) is 38.5 Å². The van der Waals surface area contributed by atoms with Gasteiger partial charge in [0.05, 0.1) is 6.54 Å². The fraction of sp³-hybridized carbons (Fsp3) is 0.737. The molecule has 0 aliphatic heterocycles. The largest absolute Gasteiger partial charge is 0.363 e. The minimum Gasteiger partial charge on any atom is -0.363 e. The molecule has 1 N–H and O–H groups in total. The first-order chi connectivity index (χ1) is 11.5. The predicted molar refractivity (Wildman–Crippen MR) is 93.4 cm³/mol. The lowest BCUT2D eigenvalue weighted by Gasteiger charge is -2.56. The summed E-state index contributed by atoms with van der Waals surface area (Å²) in [4.78, 5) is 23.2. The van der Waals surface area contributed by atoms with E-state index in [0.717, 1.165) is 23.6 Å². The predicted octanol–water partition coefficient (Wildman–Crippen LogP) is 2.77. The quantitative estimate of drug-likeness (QED) is 0.903. The Morgan fingerprint density at radius 1 is 1.21 bits per heavy atom. The molecule has 1 heterocycles. The number of anilines is 1. The number of carbonyl (C=O) groups excluding carboxylic acids is 1. The van der Waals surface area contributed by atoms with E-state index in [4.69, 9.17) is 0 Å². The molecule has 4 aliphatic carbocycles. The van der Waals surface area contributed by atoms with Gasteiger partial charge in [0.2, 0.25) is 5.91 Å². The van der Waals surface area contributed by atoms with Gasteiger partial charge in [0, 0.05) is 26.7 Å². The topological polar surface area (TPSA) is 58.1 Å². The van der Waals surface area contributed by atoms with Crippen molar-refractivity contribution in [2.24, 2.45) is 23.2 Å². The number of nitrogens with zero attached hydrogens (tertiary/aromatic N) is 3. The van der Waals surface area contributed by atoms with Gasteiger partial charge in [0.15, 0.2) is 0 Å². The summed E-state index contributed by atoms with van der Waals surface area (Å²) < 4.78 is 0. The standard InChI is InChI=1S/C19H28N4O/c1-23(2)17-3-4-20-16(22-17)12-21-18(24)11-19-8-13-5-14(9-19)7-15(6-13)10-19/h3-4,13-15H,5-12H2,1-2H3,(H,21,24). The third kappa shape index (κ3) is 3.13. The highest BCUT2D eigenvalue weighted by Crippen LogP contribution is 2.61. The second kappa shape index (κ2) is 6.01. The van der Waals surface area contributed by atoms with Gasteiger partial charge in [0.1, 0.15) is 11.6 Å². The second-order valence-electron chi connectivity index (χ2n) is 8.60. The minimum absolute atomic E-state index is 0.177. The summed E-state index contributed by atoms with van der Waals surface area (Å²) in [6.45, 7) is 0.423. The van der Waals surface area contributed by atoms with E-state index in [-0.39, 0.29) is 5.91 Å². The Bertz CT molecular complexity index is 592. The van der Waals surface area contributed by atoms with Gasteiger partial charge in [-0.05, 0) is 67.8 Å². The molecule has 4 saturated carbocycles. The van der Waals surface area contributed by atoms with Crippen LogP contribution in [-0.4, -0.2) is 30.0 Å². The Balaban J connectivity index is 1.35. The minimum atomic E-state index is 0.177. The Kier molecular flexibility index (Phi) is 3.97. The molecule has 5 rings (SSSR count). The van der Waals surface area contributed by atoms with Crippen LogP contribution in [0.5, 0.6) is 0 Å². The fourth-order valence-electron chi connectivity index (χ4n) is 5.81. The summed E-state index contributed by atoms with van der Waals surface area (Å²) in [5.74, 6) is 4.41. The summed E-state index contributed by atoms with van der Waals surface area (Å²) in [6, 6.07) is 1.88. The average Bonchev–Trinajstić information content (AvgIpc) is 2.51. The number of aromatic nitrogens is 2. The van der Waals surface area contributed by atoms with Crippen LogP contribution in [0.1, 0.15) is 50.8 Å². The van der Waals surface area contributed by atoms with E-state index < -0.39 is 0 Å². The molecule has 24 heavy (non-hydrogen) atoms. The van der Waals surface area contributed by atoms with Crippen molar-refractivity contribution in [1.29, 1.82) is 0 Å². The molecule has 0 spiro atoms. The zero-order valence-corrected chi connectivity index (χ0v) is 14.8. The molecular formula is C19H28N4O. The molecule has 0 saturated heterocycles. The molecule has 5 nitrogen and oxygen atoms in total. The maximum Gasteiger partial charge on any atom is 0.220 e. The van der Waals surface area contributed by atoms with Gasteiger partial charge in [-0.3, -0.25) is 4.79 Å². The van der Waals surface area contributed by atoms with Gasteiger partial charge in [-0.25, -0.2) is 9.97 Å². The third-order valence-electron chi connectivity index (χ3n) is 6.29. The summed E-state index contributed by atoms with van der Waals surface area (Å²) in [6.07, 6.45) is 10.5. The first kappa shape index (κ1) is 15.9. The SMILES string of the molecule is CN(C)c1ccnc(CNC(=O)CC23CC4CC(CC(C4)C2)C3)n1. The Labute approximate surface area is 144 Å². The summed E-state index contributed by atoms with van der Waals surface area (Å²) >= 11 is 0. The Hall–Kier alpha value is -1.65. The highest BCUT2D eigenvalue weighted by Gasteiger charge is 2.51. The number of carbonyl (C=O) groups is 1. The Morgan fingerprint density at radius 3 is 2.42 bits per heavy atom. The highest BCUT2D eigenvalue weighted by molar-refractivity contribution is 5.76. The lowest BCUT2D eigenvalue weighted by Crippen LogP contribution is -2.48. The summed E-state index contributed by atoms with van der Waals surface area (Å²) in [7, 11) is 3.91. The number of rotatable bonds is 5. The van der Waals surface area contributed by atoms with E-state index in [0.29, 0.717) is 24.2 Å². The zero-order valence-electron chi connectivity index (χ0n) is 14.8. The number of hydrogen-bond donors (Lipinski definition) is 1. The molecule has 4 bridgehead atoms. The van der Waals surface area contributed by atoms with Crippen molar-refractivity contribution < 1.29 is 4.79 Å². The molecule has 5 heteroatoms. The maximum absolute atomic E-state index is 12.5. The first-order valence-electron chi connectivity index (χ1n) is 9.27. The fourth-order valence-corrected chi connectivity index (χ4v) is 5.81. The molecule has 0 radical (unpaired) electrons. The van der Waals surface area contributed by atoms with Crippen LogP contribution in [0.2, 0.25) is 0 Å². The molecule has 1 amide bonds. The van der Waals surface area contributed by atoms with Crippen molar-refractivity contribution in [3.05, 3.63) is 18.1 Å². The Morgan fingerprint density at radius 2 is 1.83 bits per heavy atom. The third-order valence-corrected chi connectivity index (χ3v) is 6.29. The van der Waals surface area contributed by atoms with Crippen LogP contribution in [0.4, 0.5) is 5.82 Å². The molecule has 0 unspecified atom stereocenters. The van der Waals surface area contributed by atoms with Gasteiger partial charge in [-0.15, -0.1) is 0 Å². The molecule has 4 fully saturated rings. The van der Waals surface area contributed by atoms with E-state index in [1.54, 1.807) is 6.20 Å². The lowest BCUT2D eigenvalue weighted by atomic mass is 9.49. The van der Waals surface area contributed by atoms with Gasteiger partial charge in [-0.1, -0.05) is 0 Å². The van der Waals surface area contributed by atoms with Crippen LogP contribution in [0.3, 0.4) is 0 Å². The van der Waals surface area contributed by atoms with Gasteiger partial charge in [0.25, 0.3) is 0 Å². The smallest absolute Gasteiger partial charge is 0.220 e. The average molecular weight is 328 g/mol. The molecule has 1 aromatic rings. The van der Waals surface area contributed by atoms with Crippen molar-refractivity contribution in [2.45, 2.75) is 51.5 Å². The van der Waals surface area contributed by atoms with Crippen LogP contribution in [0, 0.1) is 23.2 Å². The van der Waals surface area contributed by atoms with E-state index >= 15 is 0 Å². The monoisotopic (exact) mass is 328 g/mol. The number of amides is 1. The van der Waals surface area contributed by atoms with Gasteiger partial charge in [-0.2, -0.15) is 0 Å². The highest BCUT2D eigenvalue weighted by atomic mass is 16.1. The van der Waals surface area contributed by atoms with Crippen molar-refractivity contribution >= 4 is 11.7 Å². The van der Waals surface area contributed by atoms with Crippen LogP contribution in [-0.2, 0) is 11.3 Å². The summed E-state index contributed by atoms with van der Waals surface area (Å²) in [5, 5.41) is 3.06. The van der Waals surface area contributed by atoms with Crippen LogP contribution in [0.15, 0.2) is 12.3 Å². The van der Waals surface area contributed by atoms with Crippen molar-refractivity contribution in [2.75, 3.05) is 19.0 Å². The molecule has 4 aliphatic rings. The maximum atomic E-state index is 12.5. The van der Waals surface area contributed by atoms with Crippen LogP contribution in [0.25, 0.3) is 0 Å². The molecule has 1 aromatic heterocycles. The van der Waals surface area contributed by atoms with Crippen molar-refractivity contribution in [1.82, 2.24) is 15.3 Å². The number of nitrogens with one attached hydrogen (secondary N) is 1. The molecule has 0 atom stereocenters. The molecule has 0 aromatic carbocycles. The van der Waals surface area contributed by atoms with E-state index in [1.807, 2.05) is 25.1 Å². The molecule has 130 valence electrons. The van der Waals surface area contributed by atoms with Crippen LogP contribution >= 0.6 is 0 Å². The normalized spacial score (nSPS) is 33.5. The van der Waals surface area contributed by atoms with E-state index in [9.17, 15) is 4.79 Å². The zero-order chi connectivity index (χ0) is 16.7. The van der Waals surface area contributed by atoms with E-state index in [2.05, 4.69) is 15.3 Å². The number of hydrogen-bond acceptors (Lipinski definition) is 4. The molecular weight excluding hydrogens is 300 g/mol. The second-order valence-corrected chi connectivity index (χ2v) is 8.60.